The number of aliphatic imine (C=N–C) groups is 1. The normalized spacial score (nSPS) is 13.1. The SMILES string of the molecule is Cc1cc(F)c(F)cc1N=C(Cl)C(F)(F)F. The predicted octanol–water partition coefficient (Wildman–Crippen LogP) is 4.10. The number of benzene rings is 1. The molecule has 0 unspecified atom stereocenters. The molecule has 0 bridgehead atoms. The Morgan fingerprint density at radius 3 is 2.19 bits per heavy atom. The topological polar surface area (TPSA) is 12.4 Å². The zero-order valence-corrected chi connectivity index (χ0v) is 8.63. The van der Waals surface area contributed by atoms with Crippen LogP contribution in [-0.4, -0.2) is 11.3 Å². The molecule has 0 spiro atoms. The molecule has 1 aromatic rings. The maximum atomic E-state index is 12.7. The summed E-state index contributed by atoms with van der Waals surface area (Å²) in [4.78, 5) is 2.98. The van der Waals surface area contributed by atoms with Gasteiger partial charge in [0.25, 0.3) is 0 Å². The second kappa shape index (κ2) is 4.37. The van der Waals surface area contributed by atoms with E-state index in [-0.39, 0.29) is 11.3 Å². The van der Waals surface area contributed by atoms with Gasteiger partial charge in [-0.05, 0) is 18.6 Å². The van der Waals surface area contributed by atoms with Crippen molar-refractivity contribution in [3.05, 3.63) is 29.3 Å². The molecule has 1 nitrogen and oxygen atoms in total. The number of aryl methyl sites for hydroxylation is 1. The smallest absolute Gasteiger partial charge is 0.232 e. The van der Waals surface area contributed by atoms with Crippen LogP contribution in [0.2, 0.25) is 0 Å². The number of nitrogens with zero attached hydrogens (tertiary/aromatic N) is 1. The molecule has 0 atom stereocenters. The third kappa shape index (κ3) is 2.91. The molecule has 0 saturated carbocycles. The molecule has 88 valence electrons. The third-order valence-corrected chi connectivity index (χ3v) is 1.99. The zero-order valence-electron chi connectivity index (χ0n) is 7.87. The summed E-state index contributed by atoms with van der Waals surface area (Å²) in [6, 6.07) is 1.30. The molecule has 0 aliphatic carbocycles. The lowest BCUT2D eigenvalue weighted by molar-refractivity contribution is -0.0558. The molecule has 1 rings (SSSR count). The van der Waals surface area contributed by atoms with Crippen LogP contribution in [0.3, 0.4) is 0 Å². The lowest BCUT2D eigenvalue weighted by atomic mass is 10.2. The van der Waals surface area contributed by atoms with Gasteiger partial charge in [-0.2, -0.15) is 13.2 Å². The summed E-state index contributed by atoms with van der Waals surface area (Å²) in [5.41, 5.74) is -0.303. The summed E-state index contributed by atoms with van der Waals surface area (Å²) in [6.07, 6.45) is -4.81. The van der Waals surface area contributed by atoms with E-state index in [1.165, 1.54) is 6.92 Å². The van der Waals surface area contributed by atoms with Crippen LogP contribution in [0, 0.1) is 18.6 Å². The number of hydrogen-bond donors (Lipinski definition) is 0. The Morgan fingerprint density at radius 1 is 1.19 bits per heavy atom. The van der Waals surface area contributed by atoms with Gasteiger partial charge >= 0.3 is 6.18 Å². The maximum absolute atomic E-state index is 12.7. The summed E-state index contributed by atoms with van der Waals surface area (Å²) < 4.78 is 61.4. The largest absolute Gasteiger partial charge is 0.444 e. The highest BCUT2D eigenvalue weighted by atomic mass is 35.5. The van der Waals surface area contributed by atoms with Crippen molar-refractivity contribution >= 4 is 22.5 Å². The van der Waals surface area contributed by atoms with E-state index in [1.807, 2.05) is 0 Å². The Hall–Kier alpha value is -1.17. The zero-order chi connectivity index (χ0) is 12.5. The van der Waals surface area contributed by atoms with Gasteiger partial charge in [-0.1, -0.05) is 11.6 Å². The molecular formula is C9H5ClF5N. The van der Waals surface area contributed by atoms with Gasteiger partial charge in [0.05, 0.1) is 5.69 Å². The van der Waals surface area contributed by atoms with E-state index in [0.717, 1.165) is 6.07 Å². The van der Waals surface area contributed by atoms with Crippen molar-refractivity contribution in [2.45, 2.75) is 13.1 Å². The van der Waals surface area contributed by atoms with E-state index < -0.39 is 23.0 Å². The van der Waals surface area contributed by atoms with Gasteiger partial charge in [-0.25, -0.2) is 13.8 Å². The Balaban J connectivity index is 3.21. The Kier molecular flexibility index (Phi) is 3.52. The molecule has 0 aromatic heterocycles. The van der Waals surface area contributed by atoms with E-state index in [9.17, 15) is 22.0 Å². The van der Waals surface area contributed by atoms with Crippen LogP contribution in [0.15, 0.2) is 17.1 Å². The highest BCUT2D eigenvalue weighted by Gasteiger charge is 2.34. The van der Waals surface area contributed by atoms with Crippen LogP contribution >= 0.6 is 11.6 Å². The van der Waals surface area contributed by atoms with E-state index in [4.69, 9.17) is 11.6 Å². The molecule has 7 heteroatoms. The highest BCUT2D eigenvalue weighted by Crippen LogP contribution is 2.27. The van der Waals surface area contributed by atoms with Crippen molar-refractivity contribution in [1.82, 2.24) is 0 Å². The fraction of sp³-hybridized carbons (Fsp3) is 0.222. The van der Waals surface area contributed by atoms with Crippen molar-refractivity contribution in [2.75, 3.05) is 0 Å². The second-order valence-corrected chi connectivity index (χ2v) is 3.31. The standard InChI is InChI=1S/C9H5ClF5N/c1-4-2-5(11)6(12)3-7(4)16-8(10)9(13,14)15/h2-3H,1H3. The van der Waals surface area contributed by atoms with Crippen LogP contribution in [0.25, 0.3) is 0 Å². The predicted molar refractivity (Wildman–Crippen MR) is 50.1 cm³/mol. The van der Waals surface area contributed by atoms with Gasteiger partial charge in [-0.15, -0.1) is 0 Å². The van der Waals surface area contributed by atoms with Crippen molar-refractivity contribution in [2.24, 2.45) is 4.99 Å². The molecular weight excluding hydrogens is 253 g/mol. The Bertz CT molecular complexity index is 438. The molecule has 0 aliphatic heterocycles. The summed E-state index contributed by atoms with van der Waals surface area (Å²) in [5, 5.41) is -1.64. The summed E-state index contributed by atoms with van der Waals surface area (Å²) in [7, 11) is 0. The average molecular weight is 258 g/mol. The summed E-state index contributed by atoms with van der Waals surface area (Å²) in [6.45, 7) is 1.29. The molecule has 0 N–H and O–H groups in total. The van der Waals surface area contributed by atoms with E-state index >= 15 is 0 Å². The van der Waals surface area contributed by atoms with Gasteiger partial charge in [0.1, 0.15) is 0 Å². The fourth-order valence-electron chi connectivity index (χ4n) is 0.925. The second-order valence-electron chi connectivity index (χ2n) is 2.95. The fourth-order valence-corrected chi connectivity index (χ4v) is 1.02. The van der Waals surface area contributed by atoms with Crippen molar-refractivity contribution < 1.29 is 22.0 Å². The number of halogens is 6. The molecule has 16 heavy (non-hydrogen) atoms. The first kappa shape index (κ1) is 12.9. The Labute approximate surface area is 92.6 Å². The molecule has 0 amide bonds. The van der Waals surface area contributed by atoms with E-state index in [1.54, 1.807) is 0 Å². The molecule has 0 fully saturated rings. The molecule has 0 radical (unpaired) electrons. The van der Waals surface area contributed by atoms with Crippen molar-refractivity contribution in [3.8, 4) is 0 Å². The monoisotopic (exact) mass is 257 g/mol. The minimum atomic E-state index is -4.81. The first-order chi connectivity index (χ1) is 7.21. The van der Waals surface area contributed by atoms with Crippen LogP contribution in [0.4, 0.5) is 27.6 Å². The number of rotatable bonds is 1. The van der Waals surface area contributed by atoms with Gasteiger partial charge in [0.15, 0.2) is 11.6 Å². The number of alkyl halides is 3. The number of hydrogen-bond acceptors (Lipinski definition) is 1. The van der Waals surface area contributed by atoms with Gasteiger partial charge < -0.3 is 0 Å². The molecule has 0 saturated heterocycles. The first-order valence-electron chi connectivity index (χ1n) is 3.99. The first-order valence-corrected chi connectivity index (χ1v) is 4.36. The van der Waals surface area contributed by atoms with Gasteiger partial charge in [-0.3, -0.25) is 0 Å². The Morgan fingerprint density at radius 2 is 1.69 bits per heavy atom. The van der Waals surface area contributed by atoms with Gasteiger partial charge in [0.2, 0.25) is 5.17 Å². The molecule has 1 aromatic carbocycles. The van der Waals surface area contributed by atoms with Crippen LogP contribution in [0.1, 0.15) is 5.56 Å². The average Bonchev–Trinajstić information content (AvgIpc) is 2.12. The third-order valence-electron chi connectivity index (χ3n) is 1.69. The van der Waals surface area contributed by atoms with Crippen molar-refractivity contribution in [3.63, 3.8) is 0 Å². The highest BCUT2D eigenvalue weighted by molar-refractivity contribution is 6.67. The van der Waals surface area contributed by atoms with Crippen molar-refractivity contribution in [1.29, 1.82) is 0 Å². The lowest BCUT2D eigenvalue weighted by Gasteiger charge is -2.05. The summed E-state index contributed by atoms with van der Waals surface area (Å²) >= 11 is 4.86. The minimum absolute atomic E-state index is 0.0568. The van der Waals surface area contributed by atoms with Gasteiger partial charge in [0, 0.05) is 6.07 Å². The van der Waals surface area contributed by atoms with Crippen LogP contribution in [-0.2, 0) is 0 Å². The van der Waals surface area contributed by atoms with E-state index in [0.29, 0.717) is 6.07 Å². The maximum Gasteiger partial charge on any atom is 0.444 e. The van der Waals surface area contributed by atoms with Crippen LogP contribution in [0.5, 0.6) is 0 Å². The minimum Gasteiger partial charge on any atom is -0.232 e. The molecule has 0 heterocycles. The summed E-state index contributed by atoms with van der Waals surface area (Å²) in [5.74, 6) is -2.43. The van der Waals surface area contributed by atoms with E-state index in [2.05, 4.69) is 4.99 Å². The lowest BCUT2D eigenvalue weighted by Crippen LogP contribution is -2.16. The molecule has 0 aliphatic rings. The quantitative estimate of drug-likeness (QED) is 0.530. The van der Waals surface area contributed by atoms with Crippen LogP contribution < -0.4 is 0 Å².